The molecule has 0 saturated carbocycles. The van der Waals surface area contributed by atoms with E-state index in [1.54, 1.807) is 0 Å². The number of hydrogen-bond acceptors (Lipinski definition) is 3. The van der Waals surface area contributed by atoms with Crippen LogP contribution in [0.4, 0.5) is 34.1 Å². The Balaban J connectivity index is 1.04. The summed E-state index contributed by atoms with van der Waals surface area (Å²) in [6.07, 6.45) is 0. The van der Waals surface area contributed by atoms with Crippen LogP contribution in [0.5, 0.6) is 0 Å². The summed E-state index contributed by atoms with van der Waals surface area (Å²) in [6, 6.07) is 83.7. The molecule has 3 nitrogen and oxygen atoms in total. The first kappa shape index (κ1) is 37.8. The predicted molar refractivity (Wildman–Crippen MR) is 274 cm³/mol. The van der Waals surface area contributed by atoms with Crippen molar-refractivity contribution in [3.8, 4) is 33.4 Å². The quantitative estimate of drug-likeness (QED) is 0.142. The van der Waals surface area contributed by atoms with Gasteiger partial charge >= 0.3 is 0 Å². The van der Waals surface area contributed by atoms with Crippen molar-refractivity contribution in [3.63, 3.8) is 0 Å². The summed E-state index contributed by atoms with van der Waals surface area (Å²) < 4.78 is 6.78. The van der Waals surface area contributed by atoms with E-state index < -0.39 is 8.07 Å². The van der Waals surface area contributed by atoms with Crippen molar-refractivity contribution in [2.75, 3.05) is 9.80 Å². The monoisotopic (exact) mass is 836 g/mol. The molecule has 1 aromatic heterocycles. The van der Waals surface area contributed by atoms with Crippen LogP contribution in [0, 0.1) is 0 Å². The van der Waals surface area contributed by atoms with Crippen molar-refractivity contribution in [1.82, 2.24) is 0 Å². The molecule has 1 aliphatic heterocycles. The number of nitrogens with zero attached hydrogens (tertiary/aromatic N) is 2. The largest absolute Gasteiger partial charge is 0.454 e. The molecule has 0 atom stereocenters. The minimum Gasteiger partial charge on any atom is -0.454 e. The van der Waals surface area contributed by atoms with E-state index in [4.69, 9.17) is 4.42 Å². The highest BCUT2D eigenvalue weighted by molar-refractivity contribution is 7.03. The number of fused-ring (bicyclic) bond motifs is 5. The third kappa shape index (κ3) is 6.10. The van der Waals surface area contributed by atoms with Crippen LogP contribution in [-0.4, -0.2) is 8.07 Å². The molecule has 11 aromatic rings. The predicted octanol–water partition coefficient (Wildman–Crippen LogP) is 15.8. The fraction of sp³-hybridized carbons (Fsp3) is 0.0333. The Bertz CT molecular complexity index is 3520. The Morgan fingerprint density at radius 2 is 0.922 bits per heavy atom. The minimum atomic E-state index is -2.33. The summed E-state index contributed by atoms with van der Waals surface area (Å²) in [5.41, 5.74) is 15.7. The number of anilines is 6. The van der Waals surface area contributed by atoms with Gasteiger partial charge in [-0.15, -0.1) is 0 Å². The van der Waals surface area contributed by atoms with Crippen molar-refractivity contribution in [1.29, 1.82) is 0 Å². The lowest BCUT2D eigenvalue weighted by molar-refractivity contribution is 0.669. The lowest BCUT2D eigenvalue weighted by Crippen LogP contribution is -2.56. The van der Waals surface area contributed by atoms with Gasteiger partial charge in [-0.2, -0.15) is 0 Å². The maximum atomic E-state index is 6.78. The number of para-hydroxylation sites is 4. The SMILES string of the molecule is C[Si]1(C)c2cc(N(c3ccccc3-c3ccccc3)c3cccc4c3oc3ccccc34)ccc2-c2ccc(N(c3ccccc3)c3ccc(-c4ccccc4)cc3)c3cccc1c23. The fourth-order valence-electron chi connectivity index (χ4n) is 10.2. The zero-order valence-corrected chi connectivity index (χ0v) is 36.7. The number of benzene rings is 10. The van der Waals surface area contributed by atoms with Gasteiger partial charge in [0.15, 0.2) is 5.58 Å². The van der Waals surface area contributed by atoms with Crippen molar-refractivity contribution < 1.29 is 4.42 Å². The van der Waals surface area contributed by atoms with E-state index >= 15 is 0 Å². The van der Waals surface area contributed by atoms with Crippen LogP contribution in [0.25, 0.3) is 66.1 Å². The molecule has 10 aromatic carbocycles. The topological polar surface area (TPSA) is 19.6 Å². The molecule has 0 radical (unpaired) electrons. The molecular formula is C60H44N2OSi. The van der Waals surface area contributed by atoms with Gasteiger partial charge < -0.3 is 14.2 Å². The number of furan rings is 1. The highest BCUT2D eigenvalue weighted by atomic mass is 28.3. The summed E-state index contributed by atoms with van der Waals surface area (Å²) in [4.78, 5) is 4.85. The Labute approximate surface area is 374 Å². The second-order valence-corrected chi connectivity index (χ2v) is 21.6. The van der Waals surface area contributed by atoms with Crippen LogP contribution < -0.4 is 20.2 Å². The fourth-order valence-corrected chi connectivity index (χ4v) is 13.3. The van der Waals surface area contributed by atoms with Crippen LogP contribution in [-0.2, 0) is 0 Å². The third-order valence-corrected chi connectivity index (χ3v) is 16.8. The highest BCUT2D eigenvalue weighted by Crippen LogP contribution is 2.48. The Hall–Kier alpha value is -7.92. The van der Waals surface area contributed by atoms with Crippen LogP contribution in [0.1, 0.15) is 0 Å². The van der Waals surface area contributed by atoms with E-state index in [0.717, 1.165) is 55.9 Å². The summed E-state index contributed by atoms with van der Waals surface area (Å²) in [5.74, 6) is 0. The molecular weight excluding hydrogens is 793 g/mol. The molecule has 0 N–H and O–H groups in total. The number of rotatable bonds is 8. The molecule has 64 heavy (non-hydrogen) atoms. The van der Waals surface area contributed by atoms with Gasteiger partial charge in [0, 0.05) is 38.8 Å². The van der Waals surface area contributed by atoms with E-state index in [-0.39, 0.29) is 0 Å². The molecule has 2 heterocycles. The maximum absolute atomic E-state index is 6.78. The minimum absolute atomic E-state index is 0.876. The number of hydrogen-bond donors (Lipinski definition) is 0. The van der Waals surface area contributed by atoms with Gasteiger partial charge in [-0.3, -0.25) is 0 Å². The van der Waals surface area contributed by atoms with Gasteiger partial charge in [0.05, 0.1) is 17.1 Å². The van der Waals surface area contributed by atoms with E-state index in [2.05, 4.69) is 247 Å². The molecule has 0 amide bonds. The van der Waals surface area contributed by atoms with E-state index in [1.165, 1.54) is 54.7 Å². The first-order valence-corrected chi connectivity index (χ1v) is 25.1. The molecule has 304 valence electrons. The van der Waals surface area contributed by atoms with Gasteiger partial charge in [0.1, 0.15) is 13.7 Å². The van der Waals surface area contributed by atoms with Crippen molar-refractivity contribution >= 4 is 85.3 Å². The molecule has 12 rings (SSSR count). The van der Waals surface area contributed by atoms with Gasteiger partial charge in [-0.05, 0) is 104 Å². The lowest BCUT2D eigenvalue weighted by Gasteiger charge is -2.36. The van der Waals surface area contributed by atoms with Crippen molar-refractivity contribution in [2.24, 2.45) is 0 Å². The second kappa shape index (κ2) is 15.2. The Kier molecular flexibility index (Phi) is 8.96. The Morgan fingerprint density at radius 3 is 1.72 bits per heavy atom. The molecule has 0 bridgehead atoms. The third-order valence-electron chi connectivity index (χ3n) is 13.3. The zero-order chi connectivity index (χ0) is 42.8. The van der Waals surface area contributed by atoms with Crippen LogP contribution in [0.2, 0.25) is 13.1 Å². The molecule has 0 saturated heterocycles. The van der Waals surface area contributed by atoms with Gasteiger partial charge in [-0.25, -0.2) is 0 Å². The average molecular weight is 837 g/mol. The molecule has 1 aliphatic rings. The smallest absolute Gasteiger partial charge is 0.159 e. The highest BCUT2D eigenvalue weighted by Gasteiger charge is 2.37. The Morgan fingerprint density at radius 1 is 0.344 bits per heavy atom. The average Bonchev–Trinajstić information content (AvgIpc) is 3.75. The van der Waals surface area contributed by atoms with Crippen molar-refractivity contribution in [3.05, 3.63) is 231 Å². The molecule has 0 spiro atoms. The van der Waals surface area contributed by atoms with Gasteiger partial charge in [0.25, 0.3) is 0 Å². The summed E-state index contributed by atoms with van der Waals surface area (Å²) in [6.45, 7) is 5.05. The maximum Gasteiger partial charge on any atom is 0.159 e. The normalized spacial score (nSPS) is 12.7. The lowest BCUT2D eigenvalue weighted by atomic mass is 9.94. The molecule has 0 unspecified atom stereocenters. The first-order valence-electron chi connectivity index (χ1n) is 22.1. The van der Waals surface area contributed by atoms with Crippen molar-refractivity contribution in [2.45, 2.75) is 13.1 Å². The van der Waals surface area contributed by atoms with Gasteiger partial charge in [-0.1, -0.05) is 183 Å². The summed E-state index contributed by atoms with van der Waals surface area (Å²) in [7, 11) is -2.33. The van der Waals surface area contributed by atoms with Crippen LogP contribution in [0.15, 0.2) is 235 Å². The van der Waals surface area contributed by atoms with E-state index in [1.807, 2.05) is 6.07 Å². The molecule has 0 aliphatic carbocycles. The van der Waals surface area contributed by atoms with Gasteiger partial charge in [0.2, 0.25) is 0 Å². The molecule has 4 heteroatoms. The summed E-state index contributed by atoms with van der Waals surface area (Å²) in [5, 5.41) is 7.72. The van der Waals surface area contributed by atoms with E-state index in [0.29, 0.717) is 0 Å². The standard InChI is InChI=1S/C60H44N2OSi/c1-64(2)57-31-17-27-52-54(61(44-22-10-5-11-23-44)45-34-32-42(33-35-45)41-18-6-3-7-19-41)39-38-50(59(52)57)49-37-36-46(40-58(49)64)62(53-28-14-12-24-47(53)43-20-8-4-9-21-43)55-29-16-26-51-48-25-13-15-30-56(48)63-60(51)55/h3-40H,1-2H3. The summed E-state index contributed by atoms with van der Waals surface area (Å²) >= 11 is 0. The second-order valence-electron chi connectivity index (χ2n) is 17.3. The zero-order valence-electron chi connectivity index (χ0n) is 35.7. The van der Waals surface area contributed by atoms with Crippen LogP contribution >= 0.6 is 0 Å². The van der Waals surface area contributed by atoms with Crippen LogP contribution in [0.3, 0.4) is 0 Å². The molecule has 0 fully saturated rings. The van der Waals surface area contributed by atoms with E-state index in [9.17, 15) is 0 Å². The first-order chi connectivity index (χ1) is 31.5.